The lowest BCUT2D eigenvalue weighted by Gasteiger charge is -2.24. The number of nitrogens with one attached hydrogen (secondary N) is 2. The molecule has 0 spiro atoms. The summed E-state index contributed by atoms with van der Waals surface area (Å²) in [5.41, 5.74) is 5.83. The van der Waals surface area contributed by atoms with E-state index in [1.807, 2.05) is 0 Å². The van der Waals surface area contributed by atoms with E-state index in [9.17, 15) is 29.1 Å². The SMILES string of the molecule is CC(=O)C[C@@H](C(=O)N[C@H](Cc1cnc[nH]1)C(=O)C[C@H](CCC(=O)O)C(N)=O)[C@H](C)O. The summed E-state index contributed by atoms with van der Waals surface area (Å²) in [6, 6.07) is -1.09. The number of carbonyl (C=O) groups excluding carboxylic acids is 4. The Bertz CT molecular complexity index is 761. The predicted molar refractivity (Wildman–Crippen MR) is 104 cm³/mol. The number of hydrogen-bond donors (Lipinski definition) is 5. The molecule has 0 bridgehead atoms. The Morgan fingerprint density at radius 1 is 1.23 bits per heavy atom. The third kappa shape index (κ3) is 8.52. The van der Waals surface area contributed by atoms with Crippen molar-refractivity contribution in [3.05, 3.63) is 18.2 Å². The molecule has 6 N–H and O–H groups in total. The number of amides is 2. The molecule has 0 fully saturated rings. The maximum atomic E-state index is 12.8. The van der Waals surface area contributed by atoms with Gasteiger partial charge in [-0.2, -0.15) is 0 Å². The number of imidazole rings is 1. The molecule has 166 valence electrons. The minimum absolute atomic E-state index is 0.0294. The van der Waals surface area contributed by atoms with Gasteiger partial charge in [0.1, 0.15) is 5.78 Å². The first-order valence-corrected chi connectivity index (χ1v) is 9.50. The summed E-state index contributed by atoms with van der Waals surface area (Å²) < 4.78 is 0. The highest BCUT2D eigenvalue weighted by Crippen LogP contribution is 2.16. The minimum Gasteiger partial charge on any atom is -0.481 e. The molecule has 0 aliphatic heterocycles. The predicted octanol–water partition coefficient (Wildman–Crippen LogP) is -0.661. The van der Waals surface area contributed by atoms with Crippen LogP contribution < -0.4 is 11.1 Å². The average molecular weight is 424 g/mol. The number of aromatic nitrogens is 2. The van der Waals surface area contributed by atoms with Crippen molar-refractivity contribution in [1.82, 2.24) is 15.3 Å². The molecule has 1 aromatic rings. The number of ketones is 2. The molecule has 0 saturated heterocycles. The van der Waals surface area contributed by atoms with Crippen molar-refractivity contribution < 1.29 is 34.2 Å². The van der Waals surface area contributed by atoms with Crippen LogP contribution in [0.1, 0.15) is 45.2 Å². The summed E-state index contributed by atoms with van der Waals surface area (Å²) in [5, 5.41) is 21.2. The molecular weight excluding hydrogens is 396 g/mol. The number of nitrogens with zero attached hydrogens (tertiary/aromatic N) is 1. The number of carbonyl (C=O) groups is 5. The van der Waals surface area contributed by atoms with Gasteiger partial charge in [0, 0.05) is 43.5 Å². The third-order valence-corrected chi connectivity index (χ3v) is 4.67. The largest absolute Gasteiger partial charge is 0.481 e. The van der Waals surface area contributed by atoms with E-state index in [4.69, 9.17) is 10.8 Å². The van der Waals surface area contributed by atoms with Crippen LogP contribution >= 0.6 is 0 Å². The Morgan fingerprint density at radius 2 is 1.90 bits per heavy atom. The van der Waals surface area contributed by atoms with Crippen LogP contribution in [0.3, 0.4) is 0 Å². The van der Waals surface area contributed by atoms with E-state index in [1.54, 1.807) is 0 Å². The van der Waals surface area contributed by atoms with E-state index < -0.39 is 47.5 Å². The van der Waals surface area contributed by atoms with Crippen LogP contribution in [-0.4, -0.2) is 61.7 Å². The van der Waals surface area contributed by atoms with E-state index >= 15 is 0 Å². The molecule has 30 heavy (non-hydrogen) atoms. The second kappa shape index (κ2) is 11.8. The molecule has 0 aliphatic carbocycles. The number of carboxylic acid groups (broad SMARTS) is 1. The number of H-pyrrole nitrogens is 1. The fraction of sp³-hybridized carbons (Fsp3) is 0.579. The number of rotatable bonds is 14. The Kier molecular flexibility index (Phi) is 9.82. The molecule has 2 amide bonds. The average Bonchev–Trinajstić information content (AvgIpc) is 3.14. The summed E-state index contributed by atoms with van der Waals surface area (Å²) in [7, 11) is 0. The van der Waals surface area contributed by atoms with Gasteiger partial charge >= 0.3 is 5.97 Å². The van der Waals surface area contributed by atoms with E-state index in [1.165, 1.54) is 26.4 Å². The number of nitrogens with two attached hydrogens (primary N) is 1. The monoisotopic (exact) mass is 424 g/mol. The van der Waals surface area contributed by atoms with Crippen LogP contribution in [0, 0.1) is 11.8 Å². The Balaban J connectivity index is 2.99. The van der Waals surface area contributed by atoms with Gasteiger partial charge in [-0.1, -0.05) is 0 Å². The fourth-order valence-corrected chi connectivity index (χ4v) is 2.96. The second-order valence-electron chi connectivity index (χ2n) is 7.30. The zero-order chi connectivity index (χ0) is 22.8. The van der Waals surface area contributed by atoms with Crippen LogP contribution in [-0.2, 0) is 30.4 Å². The van der Waals surface area contributed by atoms with Gasteiger partial charge in [-0.25, -0.2) is 4.98 Å². The topological polar surface area (TPSA) is 193 Å². The number of aromatic amines is 1. The maximum absolute atomic E-state index is 12.8. The highest BCUT2D eigenvalue weighted by atomic mass is 16.4. The minimum atomic E-state index is -1.12. The number of Topliss-reactive ketones (excluding diaryl/α,β-unsaturated/α-hetero) is 2. The van der Waals surface area contributed by atoms with Crippen molar-refractivity contribution in [2.24, 2.45) is 17.6 Å². The van der Waals surface area contributed by atoms with Gasteiger partial charge in [0.15, 0.2) is 5.78 Å². The number of hydrogen-bond acceptors (Lipinski definition) is 7. The lowest BCUT2D eigenvalue weighted by Crippen LogP contribution is -2.48. The molecule has 1 aromatic heterocycles. The lowest BCUT2D eigenvalue weighted by atomic mass is 9.91. The van der Waals surface area contributed by atoms with Crippen molar-refractivity contribution in [1.29, 1.82) is 0 Å². The third-order valence-electron chi connectivity index (χ3n) is 4.67. The Morgan fingerprint density at radius 3 is 2.37 bits per heavy atom. The molecule has 11 nitrogen and oxygen atoms in total. The van der Waals surface area contributed by atoms with E-state index in [0.29, 0.717) is 5.69 Å². The molecule has 1 heterocycles. The molecule has 0 aliphatic rings. The number of carboxylic acids is 1. The molecule has 0 aromatic carbocycles. The Hall–Kier alpha value is -3.08. The first kappa shape index (κ1) is 25.0. The molecule has 0 saturated carbocycles. The second-order valence-corrected chi connectivity index (χ2v) is 7.30. The van der Waals surface area contributed by atoms with Gasteiger partial charge in [0.2, 0.25) is 11.8 Å². The molecule has 11 heteroatoms. The fourth-order valence-electron chi connectivity index (χ4n) is 2.96. The van der Waals surface area contributed by atoms with Gasteiger partial charge in [-0.05, 0) is 20.3 Å². The standard InChI is InChI=1S/C19H28N4O7/c1-10(24)5-14(11(2)25)19(30)23-15(7-13-8-21-9-22-13)16(26)6-12(18(20)29)3-4-17(27)28/h8-9,11-12,14-15,25H,3-7H2,1-2H3,(H2,20,29)(H,21,22)(H,23,30)(H,27,28)/t11-,12-,14+,15+/m0/s1. The van der Waals surface area contributed by atoms with Crippen LogP contribution in [0.2, 0.25) is 0 Å². The lowest BCUT2D eigenvalue weighted by molar-refractivity contribution is -0.138. The van der Waals surface area contributed by atoms with Gasteiger partial charge in [0.25, 0.3) is 0 Å². The first-order valence-electron chi connectivity index (χ1n) is 9.50. The first-order chi connectivity index (χ1) is 14.0. The summed E-state index contributed by atoms with van der Waals surface area (Å²) in [6.07, 6.45) is 0.775. The number of aliphatic hydroxyl groups excluding tert-OH is 1. The van der Waals surface area contributed by atoms with E-state index in [-0.39, 0.29) is 37.9 Å². The van der Waals surface area contributed by atoms with E-state index in [2.05, 4.69) is 15.3 Å². The van der Waals surface area contributed by atoms with Crippen LogP contribution in [0.25, 0.3) is 0 Å². The number of primary amides is 1. The van der Waals surface area contributed by atoms with Crippen molar-refractivity contribution in [3.8, 4) is 0 Å². The van der Waals surface area contributed by atoms with Gasteiger partial charge in [-0.3, -0.25) is 19.2 Å². The van der Waals surface area contributed by atoms with Gasteiger partial charge in [-0.15, -0.1) is 0 Å². The highest BCUT2D eigenvalue weighted by Gasteiger charge is 2.31. The zero-order valence-electron chi connectivity index (χ0n) is 17.0. The summed E-state index contributed by atoms with van der Waals surface area (Å²) in [5.74, 6) is -5.48. The molecule has 0 unspecified atom stereocenters. The Labute approximate surface area is 173 Å². The molecular formula is C19H28N4O7. The normalized spacial score (nSPS) is 14.9. The number of aliphatic carboxylic acids is 1. The highest BCUT2D eigenvalue weighted by molar-refractivity contribution is 5.94. The maximum Gasteiger partial charge on any atom is 0.303 e. The van der Waals surface area contributed by atoms with Crippen LogP contribution in [0.5, 0.6) is 0 Å². The van der Waals surface area contributed by atoms with Gasteiger partial charge in [0.05, 0.1) is 24.4 Å². The zero-order valence-corrected chi connectivity index (χ0v) is 17.0. The summed E-state index contributed by atoms with van der Waals surface area (Å²) in [6.45, 7) is 2.66. The van der Waals surface area contributed by atoms with Crippen molar-refractivity contribution in [3.63, 3.8) is 0 Å². The van der Waals surface area contributed by atoms with Crippen molar-refractivity contribution in [2.45, 2.75) is 58.1 Å². The molecule has 1 rings (SSSR count). The van der Waals surface area contributed by atoms with Crippen molar-refractivity contribution >= 4 is 29.4 Å². The smallest absolute Gasteiger partial charge is 0.303 e. The molecule has 4 atom stereocenters. The van der Waals surface area contributed by atoms with E-state index in [0.717, 1.165) is 0 Å². The van der Waals surface area contributed by atoms with Crippen LogP contribution in [0.15, 0.2) is 12.5 Å². The quantitative estimate of drug-likeness (QED) is 0.260. The van der Waals surface area contributed by atoms with Crippen molar-refractivity contribution in [2.75, 3.05) is 0 Å². The summed E-state index contributed by atoms with van der Waals surface area (Å²) >= 11 is 0. The van der Waals surface area contributed by atoms with Gasteiger partial charge < -0.3 is 31.0 Å². The van der Waals surface area contributed by atoms with Crippen LogP contribution in [0.4, 0.5) is 0 Å². The number of aliphatic hydroxyl groups is 1. The molecule has 0 radical (unpaired) electrons. The summed E-state index contributed by atoms with van der Waals surface area (Å²) in [4.78, 5) is 66.0.